The van der Waals surface area contributed by atoms with Crippen LogP contribution in [0.25, 0.3) is 0 Å². The van der Waals surface area contributed by atoms with E-state index in [0.29, 0.717) is 19.5 Å². The molecule has 5 nitrogen and oxygen atoms in total. The van der Waals surface area contributed by atoms with Crippen LogP contribution < -0.4 is 16.0 Å². The van der Waals surface area contributed by atoms with Crippen LogP contribution in [0.3, 0.4) is 0 Å². The minimum atomic E-state index is -0.258. The fourth-order valence-corrected chi connectivity index (χ4v) is 1.22. The van der Waals surface area contributed by atoms with Gasteiger partial charge < -0.3 is 16.0 Å². The fourth-order valence-electron chi connectivity index (χ4n) is 1.22. The average molecular weight is 229 g/mol. The number of carbonyl (C=O) groups is 2. The summed E-state index contributed by atoms with van der Waals surface area (Å²) in [5.74, 6) is -0.0302. The minimum Gasteiger partial charge on any atom is -0.355 e. The third-order valence-corrected chi connectivity index (χ3v) is 2.00. The van der Waals surface area contributed by atoms with Crippen LogP contribution in [0.4, 0.5) is 0 Å². The maximum atomic E-state index is 11.3. The Morgan fingerprint density at radius 2 is 1.81 bits per heavy atom. The highest BCUT2D eigenvalue weighted by atomic mass is 16.2. The summed E-state index contributed by atoms with van der Waals surface area (Å²) in [5.41, 5.74) is 0. The van der Waals surface area contributed by atoms with Crippen molar-refractivity contribution in [3.8, 4) is 0 Å². The van der Waals surface area contributed by atoms with Crippen LogP contribution in [-0.4, -0.2) is 37.0 Å². The first-order chi connectivity index (χ1) is 7.47. The van der Waals surface area contributed by atoms with Crippen molar-refractivity contribution in [1.29, 1.82) is 0 Å². The van der Waals surface area contributed by atoms with Gasteiger partial charge in [-0.05, 0) is 27.7 Å². The summed E-state index contributed by atoms with van der Waals surface area (Å²) in [6.45, 7) is 8.63. The SMILES string of the molecule is CCNC(=O)C(C)NCCC(=O)NC(C)C. The van der Waals surface area contributed by atoms with Crippen molar-refractivity contribution >= 4 is 11.8 Å². The van der Waals surface area contributed by atoms with Gasteiger partial charge in [-0.2, -0.15) is 0 Å². The number of hydrogen-bond donors (Lipinski definition) is 3. The maximum Gasteiger partial charge on any atom is 0.236 e. The fraction of sp³-hybridized carbons (Fsp3) is 0.818. The predicted octanol–water partition coefficient (Wildman–Crippen LogP) is 0.0153. The number of nitrogens with one attached hydrogen (secondary N) is 3. The Balaban J connectivity index is 3.65. The Kier molecular flexibility index (Phi) is 7.54. The molecule has 0 aromatic rings. The molecule has 16 heavy (non-hydrogen) atoms. The van der Waals surface area contributed by atoms with Gasteiger partial charge in [-0.15, -0.1) is 0 Å². The van der Waals surface area contributed by atoms with E-state index in [9.17, 15) is 9.59 Å². The molecule has 0 saturated heterocycles. The quantitative estimate of drug-likeness (QED) is 0.576. The first-order valence-electron chi connectivity index (χ1n) is 5.77. The summed E-state index contributed by atoms with van der Waals surface area (Å²) in [6.07, 6.45) is 0.391. The van der Waals surface area contributed by atoms with Crippen LogP contribution in [0.5, 0.6) is 0 Å². The zero-order valence-electron chi connectivity index (χ0n) is 10.6. The van der Waals surface area contributed by atoms with Crippen LogP contribution in [0.15, 0.2) is 0 Å². The molecule has 5 heteroatoms. The van der Waals surface area contributed by atoms with Crippen molar-refractivity contribution in [2.75, 3.05) is 13.1 Å². The second-order valence-electron chi connectivity index (χ2n) is 4.04. The zero-order chi connectivity index (χ0) is 12.6. The van der Waals surface area contributed by atoms with E-state index in [1.165, 1.54) is 0 Å². The van der Waals surface area contributed by atoms with E-state index >= 15 is 0 Å². The van der Waals surface area contributed by atoms with E-state index < -0.39 is 0 Å². The molecule has 0 bridgehead atoms. The van der Waals surface area contributed by atoms with Gasteiger partial charge in [0.05, 0.1) is 6.04 Å². The van der Waals surface area contributed by atoms with Gasteiger partial charge in [0.25, 0.3) is 0 Å². The van der Waals surface area contributed by atoms with Crippen LogP contribution in [0, 0.1) is 0 Å². The van der Waals surface area contributed by atoms with E-state index in [2.05, 4.69) is 16.0 Å². The largest absolute Gasteiger partial charge is 0.355 e. The van der Waals surface area contributed by atoms with Gasteiger partial charge in [-0.1, -0.05) is 0 Å². The van der Waals surface area contributed by atoms with Gasteiger partial charge in [0.2, 0.25) is 11.8 Å². The molecular weight excluding hydrogens is 206 g/mol. The molecule has 1 atom stereocenters. The first kappa shape index (κ1) is 14.9. The highest BCUT2D eigenvalue weighted by molar-refractivity contribution is 5.81. The molecule has 0 rings (SSSR count). The predicted molar refractivity (Wildman–Crippen MR) is 64.0 cm³/mol. The third-order valence-electron chi connectivity index (χ3n) is 2.00. The molecule has 0 aliphatic carbocycles. The minimum absolute atomic E-state index is 0.00518. The number of amides is 2. The van der Waals surface area contributed by atoms with Gasteiger partial charge in [0.1, 0.15) is 0 Å². The van der Waals surface area contributed by atoms with E-state index in [1.807, 2.05) is 20.8 Å². The van der Waals surface area contributed by atoms with E-state index in [-0.39, 0.29) is 23.9 Å². The van der Waals surface area contributed by atoms with Crippen molar-refractivity contribution in [3.63, 3.8) is 0 Å². The lowest BCUT2D eigenvalue weighted by Gasteiger charge is -2.13. The standard InChI is InChI=1S/C11H23N3O2/c1-5-12-11(16)9(4)13-7-6-10(15)14-8(2)3/h8-9,13H,5-7H2,1-4H3,(H,12,16)(H,14,15). The normalized spacial score (nSPS) is 12.3. The van der Waals surface area contributed by atoms with Crippen molar-refractivity contribution in [2.24, 2.45) is 0 Å². The molecule has 0 radical (unpaired) electrons. The average Bonchev–Trinajstić information content (AvgIpc) is 2.16. The number of likely N-dealkylation sites (N-methyl/N-ethyl adjacent to an activating group) is 1. The molecule has 0 spiro atoms. The van der Waals surface area contributed by atoms with Crippen molar-refractivity contribution < 1.29 is 9.59 Å². The Hall–Kier alpha value is -1.10. The van der Waals surface area contributed by atoms with Gasteiger partial charge >= 0.3 is 0 Å². The Morgan fingerprint density at radius 1 is 1.19 bits per heavy atom. The zero-order valence-corrected chi connectivity index (χ0v) is 10.6. The van der Waals surface area contributed by atoms with Crippen molar-refractivity contribution in [2.45, 2.75) is 46.2 Å². The second-order valence-corrected chi connectivity index (χ2v) is 4.04. The Bertz CT molecular complexity index is 229. The molecular formula is C11H23N3O2. The molecule has 0 aromatic carbocycles. The van der Waals surface area contributed by atoms with Crippen LogP contribution in [0.1, 0.15) is 34.1 Å². The molecule has 0 aromatic heterocycles. The monoisotopic (exact) mass is 229 g/mol. The molecule has 0 aliphatic rings. The number of rotatable bonds is 7. The summed E-state index contributed by atoms with van der Waals surface area (Å²) in [5, 5.41) is 8.50. The summed E-state index contributed by atoms with van der Waals surface area (Å²) in [7, 11) is 0. The molecule has 0 fully saturated rings. The molecule has 0 aliphatic heterocycles. The molecule has 1 unspecified atom stereocenters. The summed E-state index contributed by atoms with van der Waals surface area (Å²) in [6, 6.07) is -0.0971. The third kappa shape index (κ3) is 7.23. The van der Waals surface area contributed by atoms with Crippen molar-refractivity contribution in [3.05, 3.63) is 0 Å². The molecule has 0 saturated carbocycles. The van der Waals surface area contributed by atoms with Crippen LogP contribution in [-0.2, 0) is 9.59 Å². The topological polar surface area (TPSA) is 70.2 Å². The Morgan fingerprint density at radius 3 is 2.31 bits per heavy atom. The maximum absolute atomic E-state index is 11.3. The van der Waals surface area contributed by atoms with E-state index in [0.717, 1.165) is 0 Å². The number of carbonyl (C=O) groups excluding carboxylic acids is 2. The first-order valence-corrected chi connectivity index (χ1v) is 5.77. The lowest BCUT2D eigenvalue weighted by Crippen LogP contribution is -2.43. The summed E-state index contributed by atoms with van der Waals surface area (Å²) < 4.78 is 0. The van der Waals surface area contributed by atoms with E-state index in [4.69, 9.17) is 0 Å². The van der Waals surface area contributed by atoms with Gasteiger partial charge in [0.15, 0.2) is 0 Å². The summed E-state index contributed by atoms with van der Waals surface area (Å²) >= 11 is 0. The molecule has 2 amide bonds. The van der Waals surface area contributed by atoms with Gasteiger partial charge in [0, 0.05) is 25.6 Å². The summed E-state index contributed by atoms with van der Waals surface area (Å²) in [4.78, 5) is 22.6. The van der Waals surface area contributed by atoms with E-state index in [1.54, 1.807) is 6.92 Å². The lowest BCUT2D eigenvalue weighted by molar-refractivity contribution is -0.124. The highest BCUT2D eigenvalue weighted by Gasteiger charge is 2.11. The molecule has 94 valence electrons. The highest BCUT2D eigenvalue weighted by Crippen LogP contribution is 1.86. The number of hydrogen-bond acceptors (Lipinski definition) is 3. The van der Waals surface area contributed by atoms with Gasteiger partial charge in [-0.25, -0.2) is 0 Å². The lowest BCUT2D eigenvalue weighted by atomic mass is 10.3. The van der Waals surface area contributed by atoms with Crippen molar-refractivity contribution in [1.82, 2.24) is 16.0 Å². The second kappa shape index (κ2) is 8.10. The van der Waals surface area contributed by atoms with Gasteiger partial charge in [-0.3, -0.25) is 9.59 Å². The van der Waals surface area contributed by atoms with Crippen LogP contribution in [0.2, 0.25) is 0 Å². The molecule has 3 N–H and O–H groups in total. The van der Waals surface area contributed by atoms with Crippen LogP contribution >= 0.6 is 0 Å². The Labute approximate surface area is 97.4 Å². The molecule has 0 heterocycles. The smallest absolute Gasteiger partial charge is 0.236 e.